The Kier molecular flexibility index (Phi) is 3.33. The molecule has 0 aromatic carbocycles. The van der Waals surface area contributed by atoms with Gasteiger partial charge in [-0.2, -0.15) is 0 Å². The number of pyridine rings is 1. The van der Waals surface area contributed by atoms with E-state index in [0.29, 0.717) is 5.69 Å². The molecule has 0 aliphatic heterocycles. The molecule has 0 radical (unpaired) electrons. The Hall–Kier alpha value is -1.25. The predicted molar refractivity (Wildman–Crippen MR) is 52.5 cm³/mol. The maximum absolute atomic E-state index is 12.5. The molecule has 1 unspecified atom stereocenters. The van der Waals surface area contributed by atoms with Gasteiger partial charge in [0, 0.05) is 5.92 Å². The molecule has 14 heavy (non-hydrogen) atoms. The third kappa shape index (κ3) is 2.37. The Bertz CT molecular complexity index is 319. The second kappa shape index (κ2) is 4.31. The molecular weight excluding hydrogens is 181 g/mol. The summed E-state index contributed by atoms with van der Waals surface area (Å²) in [4.78, 5) is 15.5. The van der Waals surface area contributed by atoms with E-state index in [-0.39, 0.29) is 17.6 Å². The van der Waals surface area contributed by atoms with E-state index in [4.69, 9.17) is 0 Å². The molecule has 3 heteroatoms. The lowest BCUT2D eigenvalue weighted by atomic mass is 9.92. The number of ketones is 1. The molecule has 0 fully saturated rings. The molecule has 1 atom stereocenters. The van der Waals surface area contributed by atoms with E-state index in [1.807, 2.05) is 20.8 Å². The summed E-state index contributed by atoms with van der Waals surface area (Å²) in [5.74, 6) is -0.249. The number of carbonyl (C=O) groups is 1. The van der Waals surface area contributed by atoms with Gasteiger partial charge in [-0.25, -0.2) is 4.39 Å². The van der Waals surface area contributed by atoms with Crippen molar-refractivity contribution in [3.8, 4) is 0 Å². The number of Topliss-reactive ketones (excluding diaryl/α,β-unsaturated/α-hetero) is 1. The molecule has 0 aliphatic rings. The second-order valence-corrected chi connectivity index (χ2v) is 3.76. The standard InChI is InChI=1S/C11H14FNO/c1-7(2)8(3)11(14)10-5-4-9(12)6-13-10/h4-8H,1-3H3. The van der Waals surface area contributed by atoms with Crippen LogP contribution < -0.4 is 0 Å². The van der Waals surface area contributed by atoms with Gasteiger partial charge in [0.05, 0.1) is 6.20 Å². The van der Waals surface area contributed by atoms with Gasteiger partial charge in [0.25, 0.3) is 0 Å². The van der Waals surface area contributed by atoms with Crippen molar-refractivity contribution in [3.63, 3.8) is 0 Å². The highest BCUT2D eigenvalue weighted by Crippen LogP contribution is 2.15. The van der Waals surface area contributed by atoms with Crippen molar-refractivity contribution in [1.82, 2.24) is 4.98 Å². The highest BCUT2D eigenvalue weighted by atomic mass is 19.1. The van der Waals surface area contributed by atoms with Crippen LogP contribution in [0.4, 0.5) is 4.39 Å². The summed E-state index contributed by atoms with van der Waals surface area (Å²) in [7, 11) is 0. The number of carbonyl (C=O) groups excluding carboxylic acids is 1. The van der Waals surface area contributed by atoms with Crippen LogP contribution in [0.5, 0.6) is 0 Å². The Morgan fingerprint density at radius 3 is 2.43 bits per heavy atom. The SMILES string of the molecule is CC(C)C(C)C(=O)c1ccc(F)cn1. The molecular formula is C11H14FNO. The first-order chi connectivity index (χ1) is 6.52. The lowest BCUT2D eigenvalue weighted by Gasteiger charge is -2.12. The molecule has 1 rings (SSSR count). The third-order valence-electron chi connectivity index (χ3n) is 2.39. The van der Waals surface area contributed by atoms with E-state index in [2.05, 4.69) is 4.98 Å². The molecule has 0 aliphatic carbocycles. The molecule has 0 amide bonds. The van der Waals surface area contributed by atoms with E-state index in [1.165, 1.54) is 12.1 Å². The molecule has 0 saturated carbocycles. The fraction of sp³-hybridized carbons (Fsp3) is 0.455. The first-order valence-electron chi connectivity index (χ1n) is 4.68. The minimum Gasteiger partial charge on any atom is -0.292 e. The Labute approximate surface area is 83.2 Å². The van der Waals surface area contributed by atoms with Crippen molar-refractivity contribution in [2.24, 2.45) is 11.8 Å². The van der Waals surface area contributed by atoms with Crippen LogP contribution in [0.1, 0.15) is 31.3 Å². The monoisotopic (exact) mass is 195 g/mol. The number of hydrogen-bond acceptors (Lipinski definition) is 2. The average molecular weight is 195 g/mol. The summed E-state index contributed by atoms with van der Waals surface area (Å²) < 4.78 is 12.5. The molecule has 1 heterocycles. The summed E-state index contributed by atoms with van der Waals surface area (Å²) in [6.45, 7) is 5.82. The zero-order valence-electron chi connectivity index (χ0n) is 8.62. The van der Waals surface area contributed by atoms with Gasteiger partial charge in [0.2, 0.25) is 0 Å². The molecule has 1 aromatic heterocycles. The number of halogens is 1. The summed E-state index contributed by atoms with van der Waals surface area (Å²) in [5.41, 5.74) is 0.340. The topological polar surface area (TPSA) is 30.0 Å². The van der Waals surface area contributed by atoms with Crippen molar-refractivity contribution in [2.75, 3.05) is 0 Å². The number of nitrogens with zero attached hydrogens (tertiary/aromatic N) is 1. The molecule has 2 nitrogen and oxygen atoms in total. The first kappa shape index (κ1) is 10.8. The minimum atomic E-state index is -0.418. The quantitative estimate of drug-likeness (QED) is 0.694. The Morgan fingerprint density at radius 2 is 2.00 bits per heavy atom. The zero-order chi connectivity index (χ0) is 10.7. The van der Waals surface area contributed by atoms with E-state index in [0.717, 1.165) is 6.20 Å². The van der Waals surface area contributed by atoms with Crippen molar-refractivity contribution in [2.45, 2.75) is 20.8 Å². The minimum absolute atomic E-state index is 0.0278. The third-order valence-corrected chi connectivity index (χ3v) is 2.39. The predicted octanol–water partition coefficient (Wildman–Crippen LogP) is 2.70. The van der Waals surface area contributed by atoms with Gasteiger partial charge in [-0.15, -0.1) is 0 Å². The van der Waals surface area contributed by atoms with Crippen LogP contribution in [0.3, 0.4) is 0 Å². The summed E-state index contributed by atoms with van der Waals surface area (Å²) in [5, 5.41) is 0. The highest BCUT2D eigenvalue weighted by molar-refractivity contribution is 5.95. The van der Waals surface area contributed by atoms with Crippen molar-refractivity contribution in [3.05, 3.63) is 29.8 Å². The Balaban J connectivity index is 2.84. The lowest BCUT2D eigenvalue weighted by molar-refractivity contribution is 0.0894. The largest absolute Gasteiger partial charge is 0.292 e. The second-order valence-electron chi connectivity index (χ2n) is 3.76. The van der Waals surface area contributed by atoms with E-state index < -0.39 is 5.82 Å². The molecule has 0 spiro atoms. The van der Waals surface area contributed by atoms with E-state index >= 15 is 0 Å². The molecule has 0 N–H and O–H groups in total. The number of aromatic nitrogens is 1. The van der Waals surface area contributed by atoms with Gasteiger partial charge < -0.3 is 0 Å². The van der Waals surface area contributed by atoms with Crippen LogP contribution in [0, 0.1) is 17.7 Å². The Morgan fingerprint density at radius 1 is 1.36 bits per heavy atom. The van der Waals surface area contributed by atoms with Crippen LogP contribution in [0.25, 0.3) is 0 Å². The van der Waals surface area contributed by atoms with Gasteiger partial charge >= 0.3 is 0 Å². The number of hydrogen-bond donors (Lipinski definition) is 0. The van der Waals surface area contributed by atoms with Crippen LogP contribution in [-0.2, 0) is 0 Å². The maximum Gasteiger partial charge on any atom is 0.184 e. The normalized spacial score (nSPS) is 12.9. The summed E-state index contributed by atoms with van der Waals surface area (Å²) >= 11 is 0. The van der Waals surface area contributed by atoms with E-state index in [9.17, 15) is 9.18 Å². The first-order valence-corrected chi connectivity index (χ1v) is 4.68. The van der Waals surface area contributed by atoms with Gasteiger partial charge in [-0.1, -0.05) is 20.8 Å². The maximum atomic E-state index is 12.5. The average Bonchev–Trinajstić information content (AvgIpc) is 2.16. The lowest BCUT2D eigenvalue weighted by Crippen LogP contribution is -2.18. The van der Waals surface area contributed by atoms with Crippen molar-refractivity contribution in [1.29, 1.82) is 0 Å². The van der Waals surface area contributed by atoms with Crippen LogP contribution in [0.2, 0.25) is 0 Å². The van der Waals surface area contributed by atoms with Crippen LogP contribution in [0.15, 0.2) is 18.3 Å². The summed E-state index contributed by atoms with van der Waals surface area (Å²) in [6.07, 6.45) is 1.07. The molecule has 0 bridgehead atoms. The highest BCUT2D eigenvalue weighted by Gasteiger charge is 2.19. The molecule has 76 valence electrons. The van der Waals surface area contributed by atoms with Crippen molar-refractivity contribution >= 4 is 5.78 Å². The van der Waals surface area contributed by atoms with E-state index in [1.54, 1.807) is 0 Å². The smallest absolute Gasteiger partial charge is 0.184 e. The van der Waals surface area contributed by atoms with Crippen LogP contribution >= 0.6 is 0 Å². The molecule has 1 aromatic rings. The van der Waals surface area contributed by atoms with Crippen molar-refractivity contribution < 1.29 is 9.18 Å². The summed E-state index contributed by atoms with van der Waals surface area (Å²) in [6, 6.07) is 2.68. The van der Waals surface area contributed by atoms with Crippen LogP contribution in [-0.4, -0.2) is 10.8 Å². The van der Waals surface area contributed by atoms with Gasteiger partial charge in [-0.3, -0.25) is 9.78 Å². The number of rotatable bonds is 3. The zero-order valence-corrected chi connectivity index (χ0v) is 8.62. The van der Waals surface area contributed by atoms with Gasteiger partial charge in [-0.05, 0) is 18.1 Å². The van der Waals surface area contributed by atoms with Gasteiger partial charge in [0.15, 0.2) is 5.78 Å². The fourth-order valence-corrected chi connectivity index (χ4v) is 1.06. The fourth-order valence-electron chi connectivity index (χ4n) is 1.06. The van der Waals surface area contributed by atoms with Gasteiger partial charge in [0.1, 0.15) is 11.5 Å². The molecule has 0 saturated heterocycles.